The van der Waals surface area contributed by atoms with E-state index in [0.29, 0.717) is 23.5 Å². The molecule has 2 aromatic carbocycles. The van der Waals surface area contributed by atoms with Crippen LogP contribution < -0.4 is 4.74 Å². The molecule has 0 radical (unpaired) electrons. The Morgan fingerprint density at radius 2 is 2.05 bits per heavy atom. The third kappa shape index (κ3) is 4.39. The Bertz CT molecular complexity index is 640. The standard InChI is InChI=1S/C17H16BrFO2/c1-2-8-21-15-5-3-4-12(10-15)17(20)11-13-9-14(19)6-7-16(13)18/h3-7,9-10H,2,8,11H2,1H3. The molecule has 0 fully saturated rings. The Balaban J connectivity index is 2.14. The summed E-state index contributed by atoms with van der Waals surface area (Å²) in [5.41, 5.74) is 1.21. The Kier molecular flexibility index (Phi) is 5.51. The van der Waals surface area contributed by atoms with Crippen LogP contribution >= 0.6 is 15.9 Å². The number of halogens is 2. The van der Waals surface area contributed by atoms with Gasteiger partial charge in [0.2, 0.25) is 0 Å². The van der Waals surface area contributed by atoms with Crippen molar-refractivity contribution in [2.75, 3.05) is 6.61 Å². The van der Waals surface area contributed by atoms with Crippen molar-refractivity contribution in [3.05, 3.63) is 63.9 Å². The van der Waals surface area contributed by atoms with Crippen molar-refractivity contribution in [1.29, 1.82) is 0 Å². The van der Waals surface area contributed by atoms with Gasteiger partial charge in [-0.25, -0.2) is 4.39 Å². The second-order valence-electron chi connectivity index (χ2n) is 4.71. The maximum Gasteiger partial charge on any atom is 0.167 e. The molecule has 2 aromatic rings. The Labute approximate surface area is 132 Å². The van der Waals surface area contributed by atoms with Crippen molar-refractivity contribution in [3.63, 3.8) is 0 Å². The highest BCUT2D eigenvalue weighted by atomic mass is 79.9. The fraction of sp³-hybridized carbons (Fsp3) is 0.235. The largest absolute Gasteiger partial charge is 0.494 e. The van der Waals surface area contributed by atoms with E-state index >= 15 is 0 Å². The second-order valence-corrected chi connectivity index (χ2v) is 5.57. The first-order valence-electron chi connectivity index (χ1n) is 6.80. The predicted molar refractivity (Wildman–Crippen MR) is 84.4 cm³/mol. The van der Waals surface area contributed by atoms with Crippen LogP contribution in [-0.4, -0.2) is 12.4 Å². The van der Waals surface area contributed by atoms with E-state index in [9.17, 15) is 9.18 Å². The maximum absolute atomic E-state index is 13.3. The van der Waals surface area contributed by atoms with E-state index in [2.05, 4.69) is 15.9 Å². The van der Waals surface area contributed by atoms with E-state index in [1.54, 1.807) is 24.3 Å². The van der Waals surface area contributed by atoms with Crippen molar-refractivity contribution in [2.45, 2.75) is 19.8 Å². The molecule has 0 unspecified atom stereocenters. The van der Waals surface area contributed by atoms with Crippen molar-refractivity contribution >= 4 is 21.7 Å². The molecule has 0 saturated heterocycles. The highest BCUT2D eigenvalue weighted by molar-refractivity contribution is 9.10. The SMILES string of the molecule is CCCOc1cccc(C(=O)Cc2cc(F)ccc2Br)c1. The van der Waals surface area contributed by atoms with E-state index in [4.69, 9.17) is 4.74 Å². The van der Waals surface area contributed by atoms with Crippen LogP contribution in [0.15, 0.2) is 46.9 Å². The molecule has 0 amide bonds. The number of ether oxygens (including phenoxy) is 1. The maximum atomic E-state index is 13.3. The van der Waals surface area contributed by atoms with Gasteiger partial charge in [-0.1, -0.05) is 35.0 Å². The predicted octanol–water partition coefficient (Wildman–Crippen LogP) is 4.80. The zero-order valence-electron chi connectivity index (χ0n) is 11.7. The van der Waals surface area contributed by atoms with Gasteiger partial charge in [-0.3, -0.25) is 4.79 Å². The van der Waals surface area contributed by atoms with Gasteiger partial charge in [-0.05, 0) is 42.3 Å². The number of carbonyl (C=O) groups excluding carboxylic acids is 1. The molecule has 0 bridgehead atoms. The summed E-state index contributed by atoms with van der Waals surface area (Å²) in [4.78, 5) is 12.3. The molecule has 0 heterocycles. The van der Waals surface area contributed by atoms with E-state index in [1.807, 2.05) is 13.0 Å². The van der Waals surface area contributed by atoms with E-state index in [1.165, 1.54) is 12.1 Å². The molecule has 21 heavy (non-hydrogen) atoms. The Morgan fingerprint density at radius 1 is 1.24 bits per heavy atom. The number of benzene rings is 2. The van der Waals surface area contributed by atoms with Crippen LogP contribution in [0.3, 0.4) is 0 Å². The molecule has 0 atom stereocenters. The van der Waals surface area contributed by atoms with Gasteiger partial charge < -0.3 is 4.74 Å². The van der Waals surface area contributed by atoms with Gasteiger partial charge in [-0.15, -0.1) is 0 Å². The van der Waals surface area contributed by atoms with E-state index in [0.717, 1.165) is 10.9 Å². The third-order valence-corrected chi connectivity index (χ3v) is 3.76. The fourth-order valence-electron chi connectivity index (χ4n) is 1.93. The van der Waals surface area contributed by atoms with Crippen LogP contribution in [-0.2, 0) is 6.42 Å². The number of hydrogen-bond donors (Lipinski definition) is 0. The minimum Gasteiger partial charge on any atom is -0.494 e. The first-order chi connectivity index (χ1) is 10.1. The lowest BCUT2D eigenvalue weighted by atomic mass is 10.0. The van der Waals surface area contributed by atoms with Crippen LogP contribution in [0.2, 0.25) is 0 Å². The van der Waals surface area contributed by atoms with Gasteiger partial charge in [0.1, 0.15) is 11.6 Å². The van der Waals surface area contributed by atoms with E-state index in [-0.39, 0.29) is 18.0 Å². The lowest BCUT2D eigenvalue weighted by molar-refractivity contribution is 0.0992. The smallest absolute Gasteiger partial charge is 0.167 e. The number of ketones is 1. The van der Waals surface area contributed by atoms with Gasteiger partial charge in [0.05, 0.1) is 6.61 Å². The quantitative estimate of drug-likeness (QED) is 0.699. The molecule has 4 heteroatoms. The topological polar surface area (TPSA) is 26.3 Å². The van der Waals surface area contributed by atoms with Gasteiger partial charge in [0.15, 0.2) is 5.78 Å². The molecule has 0 aliphatic carbocycles. The minimum atomic E-state index is -0.346. The normalized spacial score (nSPS) is 10.4. The molecule has 0 saturated carbocycles. The summed E-state index contributed by atoms with van der Waals surface area (Å²) >= 11 is 3.34. The molecule has 0 N–H and O–H groups in total. The summed E-state index contributed by atoms with van der Waals surface area (Å²) in [5.74, 6) is 0.269. The molecular weight excluding hydrogens is 335 g/mol. The van der Waals surface area contributed by atoms with Crippen LogP contribution in [0.5, 0.6) is 5.75 Å². The first kappa shape index (κ1) is 15.7. The van der Waals surface area contributed by atoms with Crippen LogP contribution in [0.4, 0.5) is 4.39 Å². The summed E-state index contributed by atoms with van der Waals surface area (Å²) in [7, 11) is 0. The molecule has 0 aromatic heterocycles. The summed E-state index contributed by atoms with van der Waals surface area (Å²) in [6.45, 7) is 2.64. The lowest BCUT2D eigenvalue weighted by Crippen LogP contribution is -2.05. The van der Waals surface area contributed by atoms with Crippen molar-refractivity contribution in [1.82, 2.24) is 0 Å². The fourth-order valence-corrected chi connectivity index (χ4v) is 2.32. The Morgan fingerprint density at radius 3 is 2.81 bits per heavy atom. The van der Waals surface area contributed by atoms with Crippen LogP contribution in [0.25, 0.3) is 0 Å². The molecule has 0 aliphatic heterocycles. The summed E-state index contributed by atoms with van der Waals surface area (Å²) in [5, 5.41) is 0. The highest BCUT2D eigenvalue weighted by Gasteiger charge is 2.11. The number of rotatable bonds is 6. The summed E-state index contributed by atoms with van der Waals surface area (Å²) < 4.78 is 19.5. The molecule has 0 aliphatic rings. The number of Topliss-reactive ketones (excluding diaryl/α,β-unsaturated/α-hetero) is 1. The third-order valence-electron chi connectivity index (χ3n) is 2.99. The molecule has 110 valence electrons. The molecule has 2 nitrogen and oxygen atoms in total. The van der Waals surface area contributed by atoms with Gasteiger partial charge in [-0.2, -0.15) is 0 Å². The number of hydrogen-bond acceptors (Lipinski definition) is 2. The average Bonchev–Trinajstić information content (AvgIpc) is 2.49. The van der Waals surface area contributed by atoms with Crippen LogP contribution in [0, 0.1) is 5.82 Å². The van der Waals surface area contributed by atoms with Gasteiger partial charge >= 0.3 is 0 Å². The number of carbonyl (C=O) groups is 1. The second kappa shape index (κ2) is 7.36. The van der Waals surface area contributed by atoms with Crippen molar-refractivity contribution in [3.8, 4) is 5.75 Å². The van der Waals surface area contributed by atoms with Crippen molar-refractivity contribution < 1.29 is 13.9 Å². The summed E-state index contributed by atoms with van der Waals surface area (Å²) in [6, 6.07) is 11.4. The zero-order chi connectivity index (χ0) is 15.2. The van der Waals surface area contributed by atoms with E-state index < -0.39 is 0 Å². The molecular formula is C17H16BrFO2. The first-order valence-corrected chi connectivity index (χ1v) is 7.59. The minimum absolute atomic E-state index is 0.0664. The molecule has 0 spiro atoms. The lowest BCUT2D eigenvalue weighted by Gasteiger charge is -2.07. The van der Waals surface area contributed by atoms with Gasteiger partial charge in [0.25, 0.3) is 0 Å². The van der Waals surface area contributed by atoms with Crippen LogP contribution in [0.1, 0.15) is 29.3 Å². The average molecular weight is 351 g/mol. The van der Waals surface area contributed by atoms with Crippen molar-refractivity contribution in [2.24, 2.45) is 0 Å². The van der Waals surface area contributed by atoms with Gasteiger partial charge in [0, 0.05) is 16.5 Å². The monoisotopic (exact) mass is 350 g/mol. The highest BCUT2D eigenvalue weighted by Crippen LogP contribution is 2.21. The Hall–Kier alpha value is -1.68. The summed E-state index contributed by atoms with van der Waals surface area (Å²) in [6.07, 6.45) is 1.06. The molecule has 2 rings (SSSR count). The zero-order valence-corrected chi connectivity index (χ0v) is 13.3.